The SMILES string of the molecule is CN(C)C(=O)CCCCCCCCCC[SH+]OC1CCCC1. The van der Waals surface area contributed by atoms with E-state index in [4.69, 9.17) is 4.18 Å². The van der Waals surface area contributed by atoms with E-state index in [0.29, 0.717) is 12.5 Å². The first-order chi connectivity index (χ1) is 10.7. The number of thiol groups is 1. The van der Waals surface area contributed by atoms with Crippen molar-refractivity contribution in [2.75, 3.05) is 19.8 Å². The number of amides is 1. The van der Waals surface area contributed by atoms with Crippen LogP contribution in [0.25, 0.3) is 0 Å². The summed E-state index contributed by atoms with van der Waals surface area (Å²) in [5, 5.41) is 0. The Bertz CT molecular complexity index is 278. The number of unbranched alkanes of at least 4 members (excludes halogenated alkanes) is 7. The zero-order valence-corrected chi connectivity index (χ0v) is 15.6. The molecular weight excluding hydrogens is 294 g/mol. The van der Waals surface area contributed by atoms with Crippen LogP contribution in [0.4, 0.5) is 0 Å². The summed E-state index contributed by atoms with van der Waals surface area (Å²) in [5.74, 6) is 1.47. The van der Waals surface area contributed by atoms with Crippen molar-refractivity contribution < 1.29 is 8.98 Å². The Morgan fingerprint density at radius 3 is 2.09 bits per heavy atom. The lowest BCUT2D eigenvalue weighted by Gasteiger charge is -2.09. The molecule has 22 heavy (non-hydrogen) atoms. The van der Waals surface area contributed by atoms with Gasteiger partial charge in [-0.2, -0.15) is 4.18 Å². The summed E-state index contributed by atoms with van der Waals surface area (Å²) in [5.41, 5.74) is 0. The maximum Gasteiger partial charge on any atom is 0.222 e. The van der Waals surface area contributed by atoms with Crippen LogP contribution in [0.2, 0.25) is 0 Å². The zero-order valence-electron chi connectivity index (χ0n) is 14.7. The number of rotatable bonds is 13. The minimum absolute atomic E-state index is 0.263. The molecule has 0 N–H and O–H groups in total. The van der Waals surface area contributed by atoms with Crippen molar-refractivity contribution in [1.29, 1.82) is 0 Å². The van der Waals surface area contributed by atoms with Gasteiger partial charge in [-0.05, 0) is 32.1 Å². The van der Waals surface area contributed by atoms with Gasteiger partial charge in [0, 0.05) is 20.5 Å². The molecule has 1 fully saturated rings. The molecule has 1 saturated carbocycles. The van der Waals surface area contributed by atoms with E-state index in [1.165, 1.54) is 88.4 Å². The first kappa shape index (κ1) is 19.8. The fraction of sp³-hybridized carbons (Fsp3) is 0.944. The largest absolute Gasteiger partial charge is 0.349 e. The van der Waals surface area contributed by atoms with Gasteiger partial charge in [0.15, 0.2) is 0 Å². The van der Waals surface area contributed by atoms with E-state index < -0.39 is 0 Å². The molecule has 1 amide bonds. The summed E-state index contributed by atoms with van der Waals surface area (Å²) >= 11 is 1.22. The van der Waals surface area contributed by atoms with E-state index in [9.17, 15) is 4.79 Å². The Hall–Kier alpha value is -0.220. The predicted octanol–water partition coefficient (Wildman–Crippen LogP) is 4.27. The van der Waals surface area contributed by atoms with Crippen molar-refractivity contribution in [3.8, 4) is 0 Å². The third-order valence-corrected chi connectivity index (χ3v) is 5.36. The third-order valence-electron chi connectivity index (χ3n) is 4.41. The van der Waals surface area contributed by atoms with Crippen molar-refractivity contribution in [1.82, 2.24) is 4.90 Å². The lowest BCUT2D eigenvalue weighted by atomic mass is 10.1. The quantitative estimate of drug-likeness (QED) is 0.287. The van der Waals surface area contributed by atoms with Crippen molar-refractivity contribution >= 4 is 17.9 Å². The van der Waals surface area contributed by atoms with Crippen LogP contribution in [0.3, 0.4) is 0 Å². The molecule has 0 atom stereocenters. The second-order valence-electron chi connectivity index (χ2n) is 6.73. The average molecular weight is 331 g/mol. The number of nitrogens with zero attached hydrogens (tertiary/aromatic N) is 1. The molecule has 0 unspecified atom stereocenters. The summed E-state index contributed by atoms with van der Waals surface area (Å²) < 4.78 is 5.85. The topological polar surface area (TPSA) is 29.5 Å². The summed E-state index contributed by atoms with van der Waals surface area (Å²) in [6.45, 7) is 0. The van der Waals surface area contributed by atoms with E-state index in [2.05, 4.69) is 0 Å². The first-order valence-electron chi connectivity index (χ1n) is 9.23. The molecule has 1 aliphatic rings. The van der Waals surface area contributed by atoms with Gasteiger partial charge in [0.1, 0.15) is 23.9 Å². The highest BCUT2D eigenvalue weighted by atomic mass is 32.2. The predicted molar refractivity (Wildman–Crippen MR) is 97.2 cm³/mol. The van der Waals surface area contributed by atoms with Crippen LogP contribution >= 0.6 is 0 Å². The van der Waals surface area contributed by atoms with E-state index in [1.807, 2.05) is 14.1 Å². The summed E-state index contributed by atoms with van der Waals surface area (Å²) in [6.07, 6.45) is 16.8. The molecule has 4 heteroatoms. The monoisotopic (exact) mass is 330 g/mol. The number of carbonyl (C=O) groups excluding carboxylic acids is 1. The molecule has 0 saturated heterocycles. The van der Waals surface area contributed by atoms with Gasteiger partial charge in [0.05, 0.1) is 0 Å². The minimum Gasteiger partial charge on any atom is -0.349 e. The maximum atomic E-state index is 11.4. The van der Waals surface area contributed by atoms with Crippen LogP contribution in [-0.4, -0.2) is 36.8 Å². The first-order valence-corrected chi connectivity index (χ1v) is 10.2. The van der Waals surface area contributed by atoms with Crippen molar-refractivity contribution in [3.63, 3.8) is 0 Å². The van der Waals surface area contributed by atoms with Gasteiger partial charge in [0.2, 0.25) is 5.91 Å². The average Bonchev–Trinajstić information content (AvgIpc) is 3.01. The molecular formula is C18H36NO2S+. The molecule has 130 valence electrons. The van der Waals surface area contributed by atoms with Gasteiger partial charge >= 0.3 is 0 Å². The smallest absolute Gasteiger partial charge is 0.222 e. The van der Waals surface area contributed by atoms with E-state index in [0.717, 1.165) is 6.42 Å². The Balaban J connectivity index is 1.72. The van der Waals surface area contributed by atoms with E-state index in [-0.39, 0.29) is 5.91 Å². The second kappa shape index (κ2) is 13.2. The van der Waals surface area contributed by atoms with E-state index in [1.54, 1.807) is 4.90 Å². The third kappa shape index (κ3) is 10.5. The minimum atomic E-state index is 0.263. The summed E-state index contributed by atoms with van der Waals surface area (Å²) in [6, 6.07) is 0. The molecule has 0 aromatic heterocycles. The lowest BCUT2D eigenvalue weighted by Crippen LogP contribution is -2.20. The van der Waals surface area contributed by atoms with Crippen molar-refractivity contribution in [2.24, 2.45) is 0 Å². The Labute approximate surface area is 141 Å². The normalized spacial score (nSPS) is 15.4. The Morgan fingerprint density at radius 1 is 0.955 bits per heavy atom. The molecule has 0 bridgehead atoms. The van der Waals surface area contributed by atoms with Crippen molar-refractivity contribution in [2.45, 2.75) is 89.6 Å². The molecule has 0 radical (unpaired) electrons. The second-order valence-corrected chi connectivity index (χ2v) is 7.65. The molecule has 0 aromatic carbocycles. The van der Waals surface area contributed by atoms with E-state index >= 15 is 0 Å². The van der Waals surface area contributed by atoms with Gasteiger partial charge in [0.25, 0.3) is 0 Å². The standard InChI is InChI=1S/C18H35NO2S/c1-19(2)18(20)15-9-7-5-3-4-6-8-12-16-22-21-17-13-10-11-14-17/h17H,3-16H2,1-2H3/p+1. The van der Waals surface area contributed by atoms with Gasteiger partial charge in [-0.15, -0.1) is 0 Å². The maximum absolute atomic E-state index is 11.4. The highest BCUT2D eigenvalue weighted by Gasteiger charge is 2.19. The lowest BCUT2D eigenvalue weighted by molar-refractivity contribution is -0.128. The zero-order chi connectivity index (χ0) is 16.0. The molecule has 0 heterocycles. The van der Waals surface area contributed by atoms with Gasteiger partial charge < -0.3 is 4.90 Å². The highest BCUT2D eigenvalue weighted by Crippen LogP contribution is 2.21. The number of hydrogen-bond donors (Lipinski definition) is 0. The van der Waals surface area contributed by atoms with Crippen LogP contribution in [-0.2, 0) is 21.0 Å². The molecule has 0 spiro atoms. The van der Waals surface area contributed by atoms with Crippen LogP contribution < -0.4 is 0 Å². The highest BCUT2D eigenvalue weighted by molar-refractivity contribution is 7.73. The van der Waals surface area contributed by atoms with Gasteiger partial charge in [-0.1, -0.05) is 44.9 Å². The molecule has 3 nitrogen and oxygen atoms in total. The fourth-order valence-corrected chi connectivity index (χ4v) is 3.77. The Kier molecular flexibility index (Phi) is 11.9. The van der Waals surface area contributed by atoms with Crippen LogP contribution in [0.15, 0.2) is 0 Å². The summed E-state index contributed by atoms with van der Waals surface area (Å²) in [4.78, 5) is 13.1. The van der Waals surface area contributed by atoms with Gasteiger partial charge in [-0.25, -0.2) is 0 Å². The summed E-state index contributed by atoms with van der Waals surface area (Å²) in [7, 11) is 3.67. The molecule has 0 aromatic rings. The van der Waals surface area contributed by atoms with Crippen LogP contribution in [0.1, 0.15) is 83.5 Å². The fourth-order valence-electron chi connectivity index (χ4n) is 2.89. The number of carbonyl (C=O) groups is 1. The molecule has 1 rings (SSSR count). The van der Waals surface area contributed by atoms with Crippen LogP contribution in [0, 0.1) is 0 Å². The molecule has 1 aliphatic carbocycles. The number of hydrogen-bond acceptors (Lipinski definition) is 2. The molecule has 0 aliphatic heterocycles. The van der Waals surface area contributed by atoms with Crippen molar-refractivity contribution in [3.05, 3.63) is 0 Å². The van der Waals surface area contributed by atoms with Gasteiger partial charge in [-0.3, -0.25) is 4.79 Å². The van der Waals surface area contributed by atoms with Crippen LogP contribution in [0.5, 0.6) is 0 Å². The Morgan fingerprint density at radius 2 is 1.50 bits per heavy atom.